The second-order valence-electron chi connectivity index (χ2n) is 16.7. The standard InChI is InChI=1S/C52H66N6O6/c1-36(38-20-6-3-7-21-38)56-31-17-14-22-39(50(55)61)33-48(59)46(27-12-15-29-53)57-51(62)40(32-37-18-4-2-5-19-37)34-49(60)47(28-13-16-30-54)58-52(63)64-35-45-43-25-10-8-23-41(43)42-24-9-11-26-44(42)45/h2-11,18-21,23-26,39-40,45-47,56H,1,12-17,22,27-35,53-54H2,(H2,55,61)(H,57,62)(H,58,63). The molecule has 3 amide bonds. The topological polar surface area (TPSA) is 209 Å². The van der Waals surface area contributed by atoms with E-state index in [2.05, 4.69) is 34.7 Å². The molecule has 4 aromatic rings. The van der Waals surface area contributed by atoms with E-state index >= 15 is 0 Å². The van der Waals surface area contributed by atoms with Crippen molar-refractivity contribution in [2.24, 2.45) is 29.0 Å². The number of nitrogens with two attached hydrogens (primary N) is 3. The number of rotatable bonds is 29. The maximum absolute atomic E-state index is 14.3. The number of Topliss-reactive ketones (excluding diaryl/α,β-unsaturated/α-hetero) is 2. The monoisotopic (exact) mass is 871 g/mol. The van der Waals surface area contributed by atoms with Crippen LogP contribution in [0.1, 0.15) is 98.8 Å². The molecule has 0 spiro atoms. The molecule has 4 atom stereocenters. The van der Waals surface area contributed by atoms with Crippen LogP contribution in [0.5, 0.6) is 0 Å². The van der Waals surface area contributed by atoms with E-state index in [1.165, 1.54) is 0 Å². The molecule has 12 heteroatoms. The van der Waals surface area contributed by atoms with Crippen molar-refractivity contribution in [3.05, 3.63) is 138 Å². The summed E-state index contributed by atoms with van der Waals surface area (Å²) in [5.41, 5.74) is 24.4. The third kappa shape index (κ3) is 14.7. The minimum atomic E-state index is -0.932. The summed E-state index contributed by atoms with van der Waals surface area (Å²) in [5, 5.41) is 9.10. The Morgan fingerprint density at radius 2 is 1.12 bits per heavy atom. The second-order valence-corrected chi connectivity index (χ2v) is 16.7. The number of unbranched alkanes of at least 4 members (excludes halogenated alkanes) is 3. The summed E-state index contributed by atoms with van der Waals surface area (Å²) >= 11 is 0. The lowest BCUT2D eigenvalue weighted by molar-refractivity contribution is -0.134. The number of carbonyl (C=O) groups excluding carboxylic acids is 5. The largest absolute Gasteiger partial charge is 0.449 e. The van der Waals surface area contributed by atoms with Crippen molar-refractivity contribution in [3.63, 3.8) is 0 Å². The number of hydrogen-bond donors (Lipinski definition) is 6. The number of hydrogen-bond acceptors (Lipinski definition) is 9. The summed E-state index contributed by atoms with van der Waals surface area (Å²) in [5.74, 6) is -3.40. The van der Waals surface area contributed by atoms with Crippen LogP contribution in [0.15, 0.2) is 116 Å². The van der Waals surface area contributed by atoms with Gasteiger partial charge in [-0.05, 0) is 104 Å². The van der Waals surface area contributed by atoms with Crippen molar-refractivity contribution in [3.8, 4) is 11.1 Å². The van der Waals surface area contributed by atoms with Gasteiger partial charge in [0.05, 0.1) is 12.1 Å². The van der Waals surface area contributed by atoms with E-state index in [-0.39, 0.29) is 43.4 Å². The molecule has 0 saturated carbocycles. The maximum Gasteiger partial charge on any atom is 0.407 e. The normalized spacial score (nSPS) is 13.7. The molecule has 340 valence electrons. The quantitative estimate of drug-likeness (QED) is 0.0312. The van der Waals surface area contributed by atoms with Crippen LogP contribution in [-0.4, -0.2) is 67.8 Å². The van der Waals surface area contributed by atoms with E-state index < -0.39 is 41.8 Å². The zero-order valence-electron chi connectivity index (χ0n) is 37.0. The Morgan fingerprint density at radius 1 is 0.609 bits per heavy atom. The predicted molar refractivity (Wildman–Crippen MR) is 253 cm³/mol. The van der Waals surface area contributed by atoms with Crippen LogP contribution >= 0.6 is 0 Å². The van der Waals surface area contributed by atoms with Gasteiger partial charge in [0.1, 0.15) is 6.61 Å². The first-order chi connectivity index (χ1) is 31.1. The van der Waals surface area contributed by atoms with Crippen molar-refractivity contribution in [1.82, 2.24) is 16.0 Å². The Labute approximate surface area is 378 Å². The van der Waals surface area contributed by atoms with Crippen LogP contribution < -0.4 is 33.2 Å². The third-order valence-electron chi connectivity index (χ3n) is 12.1. The number of ketones is 2. The molecule has 0 bridgehead atoms. The number of carbonyl (C=O) groups is 5. The van der Waals surface area contributed by atoms with E-state index in [0.29, 0.717) is 71.0 Å². The Bertz CT molecular complexity index is 2100. The Balaban J connectivity index is 1.24. The maximum atomic E-state index is 14.3. The number of fused-ring (bicyclic) bond motifs is 3. The fourth-order valence-electron chi connectivity index (χ4n) is 8.45. The van der Waals surface area contributed by atoms with Crippen LogP contribution in [0.3, 0.4) is 0 Å². The number of ether oxygens (including phenoxy) is 1. The second kappa shape index (κ2) is 25.9. The van der Waals surface area contributed by atoms with Crippen molar-refractivity contribution < 1.29 is 28.7 Å². The van der Waals surface area contributed by atoms with E-state index in [1.807, 2.05) is 97.1 Å². The summed E-state index contributed by atoms with van der Waals surface area (Å²) in [6, 6.07) is 33.4. The Morgan fingerprint density at radius 3 is 1.70 bits per heavy atom. The van der Waals surface area contributed by atoms with E-state index in [0.717, 1.165) is 45.5 Å². The summed E-state index contributed by atoms with van der Waals surface area (Å²) in [7, 11) is 0. The molecule has 5 rings (SSSR count). The predicted octanol–water partition coefficient (Wildman–Crippen LogP) is 6.95. The molecule has 0 aromatic heterocycles. The summed E-state index contributed by atoms with van der Waals surface area (Å²) < 4.78 is 5.82. The Hall–Kier alpha value is -6.11. The molecule has 12 nitrogen and oxygen atoms in total. The van der Waals surface area contributed by atoms with Gasteiger partial charge in [0.15, 0.2) is 11.6 Å². The molecular weight excluding hydrogens is 805 g/mol. The van der Waals surface area contributed by atoms with Crippen LogP contribution in [-0.2, 0) is 30.3 Å². The average Bonchev–Trinajstić information content (AvgIpc) is 3.63. The first kappa shape index (κ1) is 48.9. The summed E-state index contributed by atoms with van der Waals surface area (Å²) in [4.78, 5) is 68.7. The highest BCUT2D eigenvalue weighted by atomic mass is 16.5. The fourth-order valence-corrected chi connectivity index (χ4v) is 8.45. The number of primary amides is 1. The highest BCUT2D eigenvalue weighted by molar-refractivity contribution is 5.95. The molecule has 0 aliphatic heterocycles. The van der Waals surface area contributed by atoms with E-state index in [1.54, 1.807) is 0 Å². The molecule has 0 radical (unpaired) electrons. The van der Waals surface area contributed by atoms with Gasteiger partial charge < -0.3 is 37.9 Å². The summed E-state index contributed by atoms with van der Waals surface area (Å²) in [6.07, 6.45) is 4.03. The number of benzene rings is 4. The Kier molecular flexibility index (Phi) is 19.8. The average molecular weight is 871 g/mol. The smallest absolute Gasteiger partial charge is 0.407 e. The highest BCUT2D eigenvalue weighted by Crippen LogP contribution is 2.44. The van der Waals surface area contributed by atoms with Gasteiger partial charge in [-0.1, -0.05) is 122 Å². The van der Waals surface area contributed by atoms with E-state index in [4.69, 9.17) is 21.9 Å². The van der Waals surface area contributed by atoms with E-state index in [9.17, 15) is 24.0 Å². The van der Waals surface area contributed by atoms with Gasteiger partial charge in [-0.25, -0.2) is 4.79 Å². The van der Waals surface area contributed by atoms with Crippen molar-refractivity contribution in [1.29, 1.82) is 0 Å². The first-order valence-corrected chi connectivity index (χ1v) is 22.8. The number of amides is 3. The van der Waals surface area contributed by atoms with Gasteiger partial charge in [0, 0.05) is 42.8 Å². The fraction of sp³-hybridized carbons (Fsp3) is 0.404. The van der Waals surface area contributed by atoms with Gasteiger partial charge >= 0.3 is 6.09 Å². The molecule has 4 aromatic carbocycles. The van der Waals surface area contributed by atoms with Gasteiger partial charge in [0.25, 0.3) is 0 Å². The van der Waals surface area contributed by atoms with Gasteiger partial charge in [0.2, 0.25) is 11.8 Å². The SMILES string of the molecule is C=C(NCCCCC(CC(=O)C(CCCCN)NC(=O)C(CC(=O)C(CCCCN)NC(=O)OCC1c2ccccc2-c2ccccc21)Cc1ccccc1)C(N)=O)c1ccccc1. The lowest BCUT2D eigenvalue weighted by Crippen LogP contribution is -2.47. The lowest BCUT2D eigenvalue weighted by atomic mass is 9.88. The zero-order chi connectivity index (χ0) is 45.7. The molecule has 9 N–H and O–H groups in total. The highest BCUT2D eigenvalue weighted by Gasteiger charge is 2.33. The van der Waals surface area contributed by atoms with Crippen LogP contribution in [0.25, 0.3) is 16.8 Å². The molecule has 1 aliphatic rings. The van der Waals surface area contributed by atoms with Gasteiger partial charge in [-0.2, -0.15) is 0 Å². The summed E-state index contributed by atoms with van der Waals surface area (Å²) in [6.45, 7) is 5.66. The molecular formula is C52H66N6O6. The number of nitrogens with one attached hydrogen (secondary N) is 3. The molecule has 0 heterocycles. The van der Waals surface area contributed by atoms with Crippen LogP contribution in [0.2, 0.25) is 0 Å². The van der Waals surface area contributed by atoms with Crippen LogP contribution in [0, 0.1) is 11.8 Å². The molecule has 1 aliphatic carbocycles. The van der Waals surface area contributed by atoms with Gasteiger partial charge in [-0.15, -0.1) is 0 Å². The zero-order valence-corrected chi connectivity index (χ0v) is 37.0. The molecule has 0 fully saturated rings. The van der Waals surface area contributed by atoms with Crippen molar-refractivity contribution in [2.75, 3.05) is 26.2 Å². The van der Waals surface area contributed by atoms with Crippen molar-refractivity contribution >= 4 is 35.2 Å². The van der Waals surface area contributed by atoms with Gasteiger partial charge in [-0.3, -0.25) is 19.2 Å². The number of alkyl carbamates (subject to hydrolysis) is 1. The minimum Gasteiger partial charge on any atom is -0.449 e. The molecule has 0 saturated heterocycles. The first-order valence-electron chi connectivity index (χ1n) is 22.8. The third-order valence-corrected chi connectivity index (χ3v) is 12.1. The lowest BCUT2D eigenvalue weighted by Gasteiger charge is -2.25. The van der Waals surface area contributed by atoms with Crippen molar-refractivity contribution in [2.45, 2.75) is 95.1 Å². The molecule has 4 unspecified atom stereocenters. The minimum absolute atomic E-state index is 0.0842. The molecule has 64 heavy (non-hydrogen) atoms. The van der Waals surface area contributed by atoms with Crippen LogP contribution in [0.4, 0.5) is 4.79 Å².